The highest BCUT2D eigenvalue weighted by Gasteiger charge is 1.88. The Bertz CT molecular complexity index is 185. The molecule has 3 heteroatoms. The maximum absolute atomic E-state index is 8.55. The van der Waals surface area contributed by atoms with Gasteiger partial charge in [0.1, 0.15) is 5.15 Å². The molecule has 0 saturated carbocycles. The van der Waals surface area contributed by atoms with Gasteiger partial charge >= 0.3 is 0 Å². The standard InChI is InChI=1S/C6H6ClNO/c7-6-2-1-5(4-9)3-8-6/h1-3,9H,4H2/i8+1. The minimum absolute atomic E-state index is 0.0180. The number of aromatic nitrogens is 1. The molecule has 0 radical (unpaired) electrons. The Morgan fingerprint density at radius 3 is 2.78 bits per heavy atom. The van der Waals surface area contributed by atoms with Crippen LogP contribution in [0.15, 0.2) is 18.3 Å². The molecule has 0 unspecified atom stereocenters. The second kappa shape index (κ2) is 2.80. The van der Waals surface area contributed by atoms with Crippen molar-refractivity contribution in [3.8, 4) is 0 Å². The van der Waals surface area contributed by atoms with Crippen molar-refractivity contribution in [1.29, 1.82) is 0 Å². The molecule has 0 atom stereocenters. The lowest BCUT2D eigenvalue weighted by Crippen LogP contribution is -1.82. The fourth-order valence-electron chi connectivity index (χ4n) is 0.500. The molecule has 1 N–H and O–H groups in total. The van der Waals surface area contributed by atoms with Crippen LogP contribution in [-0.4, -0.2) is 10.1 Å². The predicted molar refractivity (Wildman–Crippen MR) is 35.2 cm³/mol. The normalized spacial score (nSPS) is 9.56. The third-order valence-electron chi connectivity index (χ3n) is 0.971. The van der Waals surface area contributed by atoms with Crippen molar-refractivity contribution >= 4 is 11.6 Å². The van der Waals surface area contributed by atoms with E-state index in [1.165, 1.54) is 0 Å². The molecular formula is C6H6ClNO. The van der Waals surface area contributed by atoms with Gasteiger partial charge in [-0.15, -0.1) is 0 Å². The summed E-state index contributed by atoms with van der Waals surface area (Å²) in [5.41, 5.74) is 0.777. The van der Waals surface area contributed by atoms with E-state index in [1.807, 2.05) is 0 Å². The first-order chi connectivity index (χ1) is 4.33. The van der Waals surface area contributed by atoms with Crippen molar-refractivity contribution in [2.45, 2.75) is 6.61 Å². The van der Waals surface area contributed by atoms with E-state index in [9.17, 15) is 0 Å². The number of hydrogen-bond donors (Lipinski definition) is 1. The lowest BCUT2D eigenvalue weighted by atomic mass is 10.3. The minimum atomic E-state index is 0.0180. The van der Waals surface area contributed by atoms with Crippen LogP contribution in [0, 0.1) is 0 Å². The topological polar surface area (TPSA) is 33.1 Å². The molecule has 1 heterocycles. The summed E-state index contributed by atoms with van der Waals surface area (Å²) in [6.45, 7) is 0.0180. The van der Waals surface area contributed by atoms with Crippen molar-refractivity contribution in [2.75, 3.05) is 0 Å². The Morgan fingerprint density at radius 1 is 1.56 bits per heavy atom. The number of aliphatic hydroxyl groups excluding tert-OH is 1. The van der Waals surface area contributed by atoms with Gasteiger partial charge in [-0.1, -0.05) is 17.7 Å². The average Bonchev–Trinajstić information content (AvgIpc) is 1.90. The van der Waals surface area contributed by atoms with Gasteiger partial charge in [-0.3, -0.25) is 0 Å². The van der Waals surface area contributed by atoms with Crippen molar-refractivity contribution in [3.63, 3.8) is 0 Å². The summed E-state index contributed by atoms with van der Waals surface area (Å²) in [6.07, 6.45) is 1.54. The summed E-state index contributed by atoms with van der Waals surface area (Å²) in [5.74, 6) is 0. The summed E-state index contributed by atoms with van der Waals surface area (Å²) >= 11 is 5.48. The van der Waals surface area contributed by atoms with Crippen LogP contribution in [-0.2, 0) is 6.61 Å². The van der Waals surface area contributed by atoms with E-state index < -0.39 is 0 Å². The van der Waals surface area contributed by atoms with Crippen LogP contribution in [0.1, 0.15) is 5.56 Å². The molecule has 48 valence electrons. The molecule has 9 heavy (non-hydrogen) atoms. The zero-order valence-electron chi connectivity index (χ0n) is 4.71. The van der Waals surface area contributed by atoms with Crippen LogP contribution < -0.4 is 0 Å². The molecule has 0 fully saturated rings. The van der Waals surface area contributed by atoms with Crippen LogP contribution in [0.3, 0.4) is 0 Å². The predicted octanol–water partition coefficient (Wildman–Crippen LogP) is 1.23. The molecule has 0 saturated heterocycles. The third-order valence-corrected chi connectivity index (χ3v) is 1.19. The van der Waals surface area contributed by atoms with E-state index in [0.717, 1.165) is 5.56 Å². The fourth-order valence-corrected chi connectivity index (χ4v) is 0.612. The Labute approximate surface area is 58.1 Å². The quantitative estimate of drug-likeness (QED) is 0.602. The fraction of sp³-hybridized carbons (Fsp3) is 0.167. The zero-order chi connectivity index (χ0) is 6.69. The average molecular weight is 145 g/mol. The first kappa shape index (κ1) is 6.52. The smallest absolute Gasteiger partial charge is 0.129 e. The molecule has 1 aromatic heterocycles. The van der Waals surface area contributed by atoms with Crippen molar-refractivity contribution in [2.24, 2.45) is 0 Å². The number of rotatable bonds is 1. The second-order valence-corrected chi connectivity index (χ2v) is 2.03. The molecular weight excluding hydrogens is 139 g/mol. The number of aliphatic hydroxyl groups is 1. The molecule has 1 aromatic rings. The van der Waals surface area contributed by atoms with Gasteiger partial charge in [-0.25, -0.2) is 4.98 Å². The van der Waals surface area contributed by atoms with Gasteiger partial charge in [0, 0.05) is 6.20 Å². The number of pyridine rings is 1. The summed E-state index contributed by atoms with van der Waals surface area (Å²) in [5, 5.41) is 9.00. The van der Waals surface area contributed by atoms with Gasteiger partial charge in [0.2, 0.25) is 0 Å². The highest BCUT2D eigenvalue weighted by atomic mass is 35.5. The van der Waals surface area contributed by atoms with Gasteiger partial charge in [0.25, 0.3) is 0 Å². The lowest BCUT2D eigenvalue weighted by Gasteiger charge is -1.91. The van der Waals surface area contributed by atoms with Gasteiger partial charge in [0.15, 0.2) is 0 Å². The SMILES string of the molecule is OCc1ccc(Cl)[15n]c1. The number of halogens is 1. The number of hydrogen-bond acceptors (Lipinski definition) is 2. The van der Waals surface area contributed by atoms with Crippen molar-refractivity contribution in [3.05, 3.63) is 29.0 Å². The van der Waals surface area contributed by atoms with Crippen LogP contribution >= 0.6 is 11.6 Å². The van der Waals surface area contributed by atoms with Gasteiger partial charge < -0.3 is 5.11 Å². The van der Waals surface area contributed by atoms with E-state index in [1.54, 1.807) is 18.3 Å². The van der Waals surface area contributed by atoms with Gasteiger partial charge in [-0.05, 0) is 11.6 Å². The molecule has 0 aliphatic carbocycles. The summed E-state index contributed by atoms with van der Waals surface area (Å²) in [6, 6.07) is 3.38. The van der Waals surface area contributed by atoms with E-state index in [-0.39, 0.29) is 6.61 Å². The van der Waals surface area contributed by atoms with E-state index in [2.05, 4.69) is 4.98 Å². The molecule has 0 spiro atoms. The molecule has 0 aromatic carbocycles. The van der Waals surface area contributed by atoms with E-state index in [4.69, 9.17) is 16.7 Å². The molecule has 1 rings (SSSR count). The maximum atomic E-state index is 8.55. The third kappa shape index (κ3) is 1.66. The summed E-state index contributed by atoms with van der Waals surface area (Å²) in [4.78, 5) is 3.76. The van der Waals surface area contributed by atoms with Crippen LogP contribution in [0.2, 0.25) is 5.15 Å². The molecule has 2 nitrogen and oxygen atoms in total. The monoisotopic (exact) mass is 144 g/mol. The molecule has 0 bridgehead atoms. The molecule has 0 aliphatic heterocycles. The Morgan fingerprint density at radius 2 is 2.33 bits per heavy atom. The van der Waals surface area contributed by atoms with Crippen LogP contribution in [0.5, 0.6) is 0 Å². The Balaban J connectivity index is 2.88. The first-order valence-corrected chi connectivity index (χ1v) is 2.92. The van der Waals surface area contributed by atoms with Gasteiger partial charge in [-0.2, -0.15) is 0 Å². The number of nitrogens with zero attached hydrogens (tertiary/aromatic N) is 1. The first-order valence-electron chi connectivity index (χ1n) is 2.54. The van der Waals surface area contributed by atoms with Crippen molar-refractivity contribution < 1.29 is 5.11 Å². The molecule has 0 amide bonds. The highest BCUT2D eigenvalue weighted by molar-refractivity contribution is 6.29. The van der Waals surface area contributed by atoms with Crippen molar-refractivity contribution in [1.82, 2.24) is 4.98 Å². The minimum Gasteiger partial charge on any atom is -0.392 e. The van der Waals surface area contributed by atoms with Crippen LogP contribution in [0.4, 0.5) is 0 Å². The van der Waals surface area contributed by atoms with E-state index >= 15 is 0 Å². The highest BCUT2D eigenvalue weighted by Crippen LogP contribution is 2.04. The second-order valence-electron chi connectivity index (χ2n) is 1.65. The lowest BCUT2D eigenvalue weighted by molar-refractivity contribution is 0.281. The van der Waals surface area contributed by atoms with Gasteiger partial charge in [0.05, 0.1) is 6.61 Å². The zero-order valence-corrected chi connectivity index (χ0v) is 5.47. The summed E-state index contributed by atoms with van der Waals surface area (Å²) < 4.78 is 0. The largest absolute Gasteiger partial charge is 0.392 e. The van der Waals surface area contributed by atoms with E-state index in [0.29, 0.717) is 5.15 Å². The molecule has 0 aliphatic rings. The Kier molecular flexibility index (Phi) is 2.03. The maximum Gasteiger partial charge on any atom is 0.129 e. The summed E-state index contributed by atoms with van der Waals surface area (Å²) in [7, 11) is 0. The van der Waals surface area contributed by atoms with Crippen LogP contribution in [0.25, 0.3) is 0 Å². The Hall–Kier alpha value is -0.600.